The van der Waals surface area contributed by atoms with Gasteiger partial charge in [0.15, 0.2) is 9.84 Å². The van der Waals surface area contributed by atoms with E-state index in [1.54, 1.807) is 13.8 Å². The summed E-state index contributed by atoms with van der Waals surface area (Å²) in [7, 11) is -3.08. The van der Waals surface area contributed by atoms with Crippen molar-refractivity contribution < 1.29 is 17.9 Å². The Morgan fingerprint density at radius 1 is 1.32 bits per heavy atom. The van der Waals surface area contributed by atoms with E-state index >= 15 is 0 Å². The van der Waals surface area contributed by atoms with E-state index in [0.29, 0.717) is 18.9 Å². The van der Waals surface area contributed by atoms with Gasteiger partial charge in [-0.3, -0.25) is 4.79 Å². The second kappa shape index (κ2) is 9.22. The zero-order valence-electron chi connectivity index (χ0n) is 15.2. The molecule has 1 fully saturated rings. The number of hydrogen-bond acceptors (Lipinski definition) is 4. The lowest BCUT2D eigenvalue weighted by Crippen LogP contribution is -2.38. The van der Waals surface area contributed by atoms with Crippen LogP contribution in [0.5, 0.6) is 5.75 Å². The molecule has 1 aliphatic carbocycles. The lowest BCUT2D eigenvalue weighted by molar-refractivity contribution is -0.121. The molecule has 25 heavy (non-hydrogen) atoms. The topological polar surface area (TPSA) is 72.5 Å². The van der Waals surface area contributed by atoms with Gasteiger partial charge in [-0.05, 0) is 56.7 Å². The summed E-state index contributed by atoms with van der Waals surface area (Å²) in [6.07, 6.45) is 5.97. The summed E-state index contributed by atoms with van der Waals surface area (Å²) in [5, 5.41) is 2.76. The first-order valence-corrected chi connectivity index (χ1v) is 11.0. The van der Waals surface area contributed by atoms with Crippen molar-refractivity contribution in [1.82, 2.24) is 5.32 Å². The Labute approximate surface area is 151 Å². The molecule has 1 aromatic carbocycles. The summed E-state index contributed by atoms with van der Waals surface area (Å²) in [4.78, 5) is 12.0. The zero-order chi connectivity index (χ0) is 18.3. The van der Waals surface area contributed by atoms with Crippen molar-refractivity contribution in [2.45, 2.75) is 64.5 Å². The molecule has 0 bridgehead atoms. The van der Waals surface area contributed by atoms with Gasteiger partial charge in [0.25, 0.3) is 0 Å². The number of amides is 1. The van der Waals surface area contributed by atoms with Crippen LogP contribution in [-0.4, -0.2) is 38.0 Å². The fraction of sp³-hybridized carbons (Fsp3) is 0.632. The van der Waals surface area contributed by atoms with Crippen LogP contribution < -0.4 is 10.1 Å². The van der Waals surface area contributed by atoms with Gasteiger partial charge in [0.2, 0.25) is 5.91 Å². The number of benzene rings is 1. The Kier molecular flexibility index (Phi) is 7.29. The Hall–Kier alpha value is -1.56. The normalized spacial score (nSPS) is 16.6. The Morgan fingerprint density at radius 3 is 2.72 bits per heavy atom. The summed E-state index contributed by atoms with van der Waals surface area (Å²) in [5.41, 5.74) is 1.06. The first kappa shape index (κ1) is 19.8. The van der Waals surface area contributed by atoms with Crippen molar-refractivity contribution in [3.05, 3.63) is 29.8 Å². The quantitative estimate of drug-likeness (QED) is 0.728. The molecule has 1 unspecified atom stereocenters. The van der Waals surface area contributed by atoms with Gasteiger partial charge >= 0.3 is 0 Å². The number of hydrogen-bond donors (Lipinski definition) is 1. The van der Waals surface area contributed by atoms with Crippen LogP contribution in [0, 0.1) is 0 Å². The summed E-state index contributed by atoms with van der Waals surface area (Å²) >= 11 is 0. The van der Waals surface area contributed by atoms with Crippen molar-refractivity contribution in [3.63, 3.8) is 0 Å². The average Bonchev–Trinajstić information content (AvgIpc) is 3.05. The van der Waals surface area contributed by atoms with E-state index in [9.17, 15) is 13.2 Å². The van der Waals surface area contributed by atoms with Crippen LogP contribution in [0.4, 0.5) is 0 Å². The van der Waals surface area contributed by atoms with Gasteiger partial charge in [0.05, 0.1) is 11.9 Å². The maximum atomic E-state index is 12.0. The first-order chi connectivity index (χ1) is 11.9. The minimum absolute atomic E-state index is 0.0139. The van der Waals surface area contributed by atoms with E-state index in [-0.39, 0.29) is 23.5 Å². The monoisotopic (exact) mass is 367 g/mol. The third kappa shape index (κ3) is 7.06. The largest absolute Gasteiger partial charge is 0.490 e. The van der Waals surface area contributed by atoms with E-state index in [4.69, 9.17) is 4.74 Å². The average molecular weight is 368 g/mol. The standard InChI is InChI=1S/C19H29NO4S/c1-3-25(22,23)14-15(2)20-19(21)12-11-16-7-6-10-18(13-16)24-17-8-4-5-9-17/h6-7,10,13,15,17H,3-5,8-9,11-12,14H2,1-2H3,(H,20,21). The number of carbonyl (C=O) groups excluding carboxylic acids is 1. The molecule has 0 spiro atoms. The van der Waals surface area contributed by atoms with Crippen LogP contribution in [0.15, 0.2) is 24.3 Å². The van der Waals surface area contributed by atoms with Crippen molar-refractivity contribution in [2.75, 3.05) is 11.5 Å². The second-order valence-electron chi connectivity index (χ2n) is 6.84. The van der Waals surface area contributed by atoms with E-state index in [0.717, 1.165) is 24.2 Å². The van der Waals surface area contributed by atoms with Crippen molar-refractivity contribution in [2.24, 2.45) is 0 Å². The lowest BCUT2D eigenvalue weighted by atomic mass is 10.1. The molecule has 1 saturated carbocycles. The molecule has 0 radical (unpaired) electrons. The molecule has 1 amide bonds. The SMILES string of the molecule is CCS(=O)(=O)CC(C)NC(=O)CCc1cccc(OC2CCCC2)c1. The molecule has 1 aromatic rings. The van der Waals surface area contributed by atoms with E-state index in [1.165, 1.54) is 12.8 Å². The molecule has 0 aliphatic heterocycles. The Bertz CT molecular complexity index is 666. The fourth-order valence-electron chi connectivity index (χ4n) is 3.12. The summed E-state index contributed by atoms with van der Waals surface area (Å²) in [6, 6.07) is 7.53. The molecule has 1 N–H and O–H groups in total. The molecule has 6 heteroatoms. The van der Waals surface area contributed by atoms with Crippen LogP contribution in [0.1, 0.15) is 51.5 Å². The molecule has 0 aromatic heterocycles. The third-order valence-electron chi connectivity index (χ3n) is 4.50. The Morgan fingerprint density at radius 2 is 2.04 bits per heavy atom. The Balaban J connectivity index is 1.79. The zero-order valence-corrected chi connectivity index (χ0v) is 16.0. The minimum Gasteiger partial charge on any atom is -0.490 e. The molecule has 0 saturated heterocycles. The molecule has 5 nitrogen and oxygen atoms in total. The van der Waals surface area contributed by atoms with Crippen LogP contribution in [-0.2, 0) is 21.1 Å². The summed E-state index contributed by atoms with van der Waals surface area (Å²) in [5.74, 6) is 0.828. The van der Waals surface area contributed by atoms with Crippen LogP contribution in [0.25, 0.3) is 0 Å². The molecular weight excluding hydrogens is 338 g/mol. The molecule has 0 heterocycles. The van der Waals surface area contributed by atoms with Gasteiger partial charge in [-0.2, -0.15) is 0 Å². The number of ether oxygens (including phenoxy) is 1. The van der Waals surface area contributed by atoms with Crippen LogP contribution >= 0.6 is 0 Å². The van der Waals surface area contributed by atoms with Gasteiger partial charge < -0.3 is 10.1 Å². The molecule has 2 rings (SSSR count). The van der Waals surface area contributed by atoms with Crippen molar-refractivity contribution in [3.8, 4) is 5.75 Å². The summed E-state index contributed by atoms with van der Waals surface area (Å²) < 4.78 is 29.2. The van der Waals surface area contributed by atoms with Crippen molar-refractivity contribution in [1.29, 1.82) is 0 Å². The number of rotatable bonds is 9. The fourth-order valence-corrected chi connectivity index (χ4v) is 4.20. The number of carbonyl (C=O) groups is 1. The highest BCUT2D eigenvalue weighted by molar-refractivity contribution is 7.91. The maximum absolute atomic E-state index is 12.0. The highest BCUT2D eigenvalue weighted by Crippen LogP contribution is 2.24. The van der Waals surface area contributed by atoms with Crippen molar-refractivity contribution >= 4 is 15.7 Å². The predicted octanol–water partition coefficient (Wildman–Crippen LogP) is 2.88. The third-order valence-corrected chi connectivity index (χ3v) is 6.38. The van der Waals surface area contributed by atoms with Crippen LogP contribution in [0.3, 0.4) is 0 Å². The first-order valence-electron chi connectivity index (χ1n) is 9.13. The second-order valence-corrected chi connectivity index (χ2v) is 9.24. The number of sulfone groups is 1. The predicted molar refractivity (Wildman–Crippen MR) is 99.6 cm³/mol. The molecular formula is C19H29NO4S. The maximum Gasteiger partial charge on any atom is 0.220 e. The summed E-state index contributed by atoms with van der Waals surface area (Å²) in [6.45, 7) is 3.34. The lowest BCUT2D eigenvalue weighted by Gasteiger charge is -2.15. The number of nitrogens with one attached hydrogen (secondary N) is 1. The van der Waals surface area contributed by atoms with Gasteiger partial charge in [-0.15, -0.1) is 0 Å². The van der Waals surface area contributed by atoms with Gasteiger partial charge in [-0.1, -0.05) is 19.1 Å². The molecule has 1 aliphatic rings. The smallest absolute Gasteiger partial charge is 0.220 e. The molecule has 1 atom stereocenters. The highest BCUT2D eigenvalue weighted by Gasteiger charge is 2.17. The van der Waals surface area contributed by atoms with E-state index in [1.807, 2.05) is 24.3 Å². The van der Waals surface area contributed by atoms with E-state index < -0.39 is 9.84 Å². The highest BCUT2D eigenvalue weighted by atomic mass is 32.2. The minimum atomic E-state index is -3.08. The number of aryl methyl sites for hydroxylation is 1. The molecule has 140 valence electrons. The van der Waals surface area contributed by atoms with Gasteiger partial charge in [0.1, 0.15) is 5.75 Å². The van der Waals surface area contributed by atoms with Crippen LogP contribution in [0.2, 0.25) is 0 Å². The van der Waals surface area contributed by atoms with Gasteiger partial charge in [0, 0.05) is 18.2 Å². The van der Waals surface area contributed by atoms with Gasteiger partial charge in [-0.25, -0.2) is 8.42 Å². The van der Waals surface area contributed by atoms with E-state index in [2.05, 4.69) is 5.32 Å².